The van der Waals surface area contributed by atoms with Crippen LogP contribution in [0.15, 0.2) is 6.07 Å². The average Bonchev–Trinajstić information content (AvgIpc) is 2.82. The molecule has 0 saturated heterocycles. The van der Waals surface area contributed by atoms with Gasteiger partial charge in [-0.05, 0) is 58.4 Å². The van der Waals surface area contributed by atoms with Gasteiger partial charge < -0.3 is 26.2 Å². The smallest absolute Gasteiger partial charge is 0.235 e. The summed E-state index contributed by atoms with van der Waals surface area (Å²) in [5.41, 5.74) is 2.15. The summed E-state index contributed by atoms with van der Waals surface area (Å²) in [6, 6.07) is -0.0606. The van der Waals surface area contributed by atoms with Gasteiger partial charge in [0.25, 0.3) is 0 Å². The van der Waals surface area contributed by atoms with Crippen LogP contribution in [0.4, 0.5) is 4.39 Å². The van der Waals surface area contributed by atoms with Crippen LogP contribution in [0.5, 0.6) is 5.75 Å². The zero-order chi connectivity index (χ0) is 30.8. The zero-order valence-corrected chi connectivity index (χ0v) is 24.3. The van der Waals surface area contributed by atoms with E-state index in [1.54, 1.807) is 0 Å². The van der Waals surface area contributed by atoms with Crippen LogP contribution >= 0.6 is 0 Å². The first-order valence-electron chi connectivity index (χ1n) is 13.7. The number of phenols is 1. The summed E-state index contributed by atoms with van der Waals surface area (Å²) in [5, 5.41) is 25.6. The fourth-order valence-corrected chi connectivity index (χ4v) is 7.28. The highest BCUT2D eigenvalue weighted by molar-refractivity contribution is 6.32. The summed E-state index contributed by atoms with van der Waals surface area (Å²) < 4.78 is 15.9. The molecule has 41 heavy (non-hydrogen) atoms. The van der Waals surface area contributed by atoms with Crippen molar-refractivity contribution < 1.29 is 38.6 Å². The van der Waals surface area contributed by atoms with Gasteiger partial charge in [-0.15, -0.1) is 0 Å². The maximum atomic E-state index is 15.9. The van der Waals surface area contributed by atoms with Crippen molar-refractivity contribution in [1.29, 1.82) is 0 Å². The Bertz CT molecular complexity index is 1330. The third-order valence-electron chi connectivity index (χ3n) is 8.73. The second-order valence-electron chi connectivity index (χ2n) is 13.0. The first-order chi connectivity index (χ1) is 18.9. The molecule has 0 aromatic heterocycles. The lowest BCUT2D eigenvalue weighted by Gasteiger charge is -2.52. The minimum absolute atomic E-state index is 0.0382. The van der Waals surface area contributed by atoms with E-state index in [4.69, 9.17) is 5.73 Å². The molecule has 0 spiro atoms. The number of phenolic OH excluding ortho intramolecular Hbond substituents is 1. The highest BCUT2D eigenvalue weighted by Crippen LogP contribution is 2.51. The van der Waals surface area contributed by atoms with Gasteiger partial charge in [0, 0.05) is 36.7 Å². The number of hydrogen-bond acceptors (Lipinski definition) is 10. The number of nitrogens with two attached hydrogens (primary N) is 1. The SMILES string of the molecule is CN(C)CC(C)(C)CNCc1cc(O)c2c(c1F)C[C@H]1C[C@H]3[C@H](N(C)C)C(=O)C(C(N)=O)C(=O)[C@@]3(O)C(=O)C1C2=O. The average molecular weight is 575 g/mol. The van der Waals surface area contributed by atoms with Gasteiger partial charge in [-0.25, -0.2) is 4.39 Å². The molecule has 0 aliphatic heterocycles. The third kappa shape index (κ3) is 5.00. The highest BCUT2D eigenvalue weighted by Gasteiger charge is 2.69. The molecule has 2 unspecified atom stereocenters. The van der Waals surface area contributed by atoms with Crippen LogP contribution in [0.25, 0.3) is 0 Å². The number of aromatic hydroxyl groups is 1. The Hall–Kier alpha value is -3.06. The minimum Gasteiger partial charge on any atom is -0.507 e. The molecule has 3 aliphatic carbocycles. The number of halogens is 1. The topological polar surface area (TPSA) is 170 Å². The number of carbonyl (C=O) groups excluding carboxylic acids is 5. The monoisotopic (exact) mass is 574 g/mol. The number of primary amides is 1. The Kier molecular flexibility index (Phi) is 8.02. The molecule has 4 rings (SSSR count). The molecule has 3 aliphatic rings. The van der Waals surface area contributed by atoms with Gasteiger partial charge in [0.2, 0.25) is 5.91 Å². The maximum Gasteiger partial charge on any atom is 0.235 e. The number of fused-ring (bicyclic) bond motifs is 3. The molecule has 1 aromatic carbocycles. The van der Waals surface area contributed by atoms with E-state index < -0.39 is 75.9 Å². The van der Waals surface area contributed by atoms with E-state index >= 15 is 4.39 Å². The Balaban J connectivity index is 1.70. The van der Waals surface area contributed by atoms with E-state index in [1.165, 1.54) is 19.0 Å². The normalized spacial score (nSPS) is 30.0. The summed E-state index contributed by atoms with van der Waals surface area (Å²) >= 11 is 0. The number of likely N-dealkylation sites (N-methyl/N-ethyl adjacent to an activating group) is 1. The van der Waals surface area contributed by atoms with Crippen LogP contribution in [0.3, 0.4) is 0 Å². The van der Waals surface area contributed by atoms with Crippen LogP contribution in [-0.4, -0.2) is 102 Å². The van der Waals surface area contributed by atoms with Gasteiger partial charge in [-0.2, -0.15) is 0 Å². The molecule has 0 heterocycles. The summed E-state index contributed by atoms with van der Waals surface area (Å²) in [7, 11) is 6.93. The Morgan fingerprint density at radius 2 is 1.80 bits per heavy atom. The molecule has 5 N–H and O–H groups in total. The molecular formula is C29H39FN4O7. The predicted octanol–water partition coefficient (Wildman–Crippen LogP) is -0.316. The molecule has 1 aromatic rings. The quantitative estimate of drug-likeness (QED) is 0.302. The molecule has 0 radical (unpaired) electrons. The minimum atomic E-state index is -2.81. The zero-order valence-electron chi connectivity index (χ0n) is 24.3. The van der Waals surface area contributed by atoms with E-state index in [2.05, 4.69) is 19.2 Å². The Labute approximate surface area is 238 Å². The second-order valence-corrected chi connectivity index (χ2v) is 13.0. The summed E-state index contributed by atoms with van der Waals surface area (Å²) in [5.74, 6) is -12.4. The second kappa shape index (κ2) is 10.6. The lowest BCUT2D eigenvalue weighted by molar-refractivity contribution is -0.181. The standard InChI is InChI=1S/C29H39FN4O7/c1-28(2,12-33(3)4)11-32-10-14-9-17(35)19-15(21(14)30)7-13-8-16-22(34(5)6)24(37)20(27(31)40)26(39)29(16,41)25(38)18(13)23(19)36/h9,13,16,18,20,22,32,35,41H,7-8,10-12H2,1-6H3,(H2,31,40)/t13-,16-,18?,20?,22-,29-/m0/s1. The Morgan fingerprint density at radius 1 is 1.17 bits per heavy atom. The third-order valence-corrected chi connectivity index (χ3v) is 8.73. The fourth-order valence-electron chi connectivity index (χ4n) is 7.28. The maximum absolute atomic E-state index is 15.9. The first-order valence-corrected chi connectivity index (χ1v) is 13.7. The van der Waals surface area contributed by atoms with Gasteiger partial charge >= 0.3 is 0 Å². The van der Waals surface area contributed by atoms with E-state index in [9.17, 15) is 34.2 Å². The molecule has 2 fully saturated rings. The van der Waals surface area contributed by atoms with Crippen LogP contribution in [0.2, 0.25) is 0 Å². The summed E-state index contributed by atoms with van der Waals surface area (Å²) in [6.07, 6.45) is -0.253. The van der Waals surface area contributed by atoms with E-state index in [0.29, 0.717) is 6.54 Å². The molecule has 12 heteroatoms. The molecular weight excluding hydrogens is 535 g/mol. The van der Waals surface area contributed by atoms with Crippen molar-refractivity contribution in [3.8, 4) is 5.75 Å². The number of nitrogens with zero attached hydrogens (tertiary/aromatic N) is 2. The van der Waals surface area contributed by atoms with Crippen molar-refractivity contribution in [3.63, 3.8) is 0 Å². The number of benzene rings is 1. The van der Waals surface area contributed by atoms with E-state index in [1.807, 2.05) is 19.0 Å². The Morgan fingerprint density at radius 3 is 2.37 bits per heavy atom. The van der Waals surface area contributed by atoms with Gasteiger partial charge in [0.1, 0.15) is 11.6 Å². The molecule has 0 bridgehead atoms. The lowest BCUT2D eigenvalue weighted by Crippen LogP contribution is -2.74. The van der Waals surface area contributed by atoms with Crippen molar-refractivity contribution in [2.45, 2.75) is 44.9 Å². The molecule has 6 atom stereocenters. The highest BCUT2D eigenvalue weighted by atomic mass is 19.1. The van der Waals surface area contributed by atoms with Gasteiger partial charge in [-0.1, -0.05) is 13.8 Å². The van der Waals surface area contributed by atoms with Gasteiger partial charge in [-0.3, -0.25) is 28.9 Å². The fraction of sp³-hybridized carbons (Fsp3) is 0.621. The number of Topliss-reactive ketones (excluding diaryl/α,β-unsaturated/α-hetero) is 4. The summed E-state index contributed by atoms with van der Waals surface area (Å²) in [4.78, 5) is 69.4. The van der Waals surface area contributed by atoms with Crippen LogP contribution in [0, 0.1) is 34.9 Å². The van der Waals surface area contributed by atoms with Crippen molar-refractivity contribution in [1.82, 2.24) is 15.1 Å². The number of amides is 1. The van der Waals surface area contributed by atoms with Crippen LogP contribution in [-0.2, 0) is 32.1 Å². The number of carbonyl (C=O) groups is 5. The molecule has 2 saturated carbocycles. The van der Waals surface area contributed by atoms with Gasteiger partial charge in [0.05, 0.1) is 17.5 Å². The number of nitrogens with one attached hydrogen (secondary N) is 1. The van der Waals surface area contributed by atoms with Crippen LogP contribution < -0.4 is 11.1 Å². The van der Waals surface area contributed by atoms with Crippen LogP contribution in [0.1, 0.15) is 41.8 Å². The number of rotatable bonds is 8. The van der Waals surface area contributed by atoms with Crippen molar-refractivity contribution >= 4 is 29.0 Å². The van der Waals surface area contributed by atoms with Crippen molar-refractivity contribution in [2.75, 3.05) is 41.3 Å². The number of hydrogen-bond donors (Lipinski definition) is 4. The number of ketones is 4. The summed E-state index contributed by atoms with van der Waals surface area (Å²) in [6.45, 7) is 5.56. The lowest BCUT2D eigenvalue weighted by atomic mass is 9.52. The predicted molar refractivity (Wildman–Crippen MR) is 145 cm³/mol. The first kappa shape index (κ1) is 30.9. The molecule has 1 amide bonds. The molecule has 224 valence electrons. The van der Waals surface area contributed by atoms with E-state index in [-0.39, 0.29) is 41.5 Å². The van der Waals surface area contributed by atoms with Crippen molar-refractivity contribution in [2.24, 2.45) is 34.8 Å². The van der Waals surface area contributed by atoms with E-state index in [0.717, 1.165) is 12.6 Å². The van der Waals surface area contributed by atoms with Gasteiger partial charge in [0.15, 0.2) is 34.7 Å². The largest absolute Gasteiger partial charge is 0.507 e. The number of aliphatic hydroxyl groups is 1. The van der Waals surface area contributed by atoms with Crippen molar-refractivity contribution in [3.05, 3.63) is 28.6 Å². The molecule has 11 nitrogen and oxygen atoms in total.